The third kappa shape index (κ3) is 3.74. The van der Waals surface area contributed by atoms with Crippen LogP contribution in [-0.4, -0.2) is 46.7 Å². The second-order valence-electron chi connectivity index (χ2n) is 8.43. The number of carbonyl (C=O) groups is 1. The Bertz CT molecular complexity index is 1170. The number of benzene rings is 1. The average molecular weight is 445 g/mol. The topological polar surface area (TPSA) is 68.5 Å². The van der Waals surface area contributed by atoms with Crippen molar-refractivity contribution < 1.29 is 27.2 Å². The zero-order valence-corrected chi connectivity index (χ0v) is 17.5. The van der Waals surface area contributed by atoms with Gasteiger partial charge in [0.15, 0.2) is 0 Å². The molecule has 0 spiro atoms. The minimum Gasteiger partial charge on any atom is -0.378 e. The molecule has 168 valence electrons. The van der Waals surface area contributed by atoms with E-state index >= 15 is 0 Å². The highest BCUT2D eigenvalue weighted by molar-refractivity contribution is 6.07. The zero-order chi connectivity index (χ0) is 22.5. The van der Waals surface area contributed by atoms with Gasteiger partial charge in [-0.25, -0.2) is 4.98 Å². The summed E-state index contributed by atoms with van der Waals surface area (Å²) in [6.07, 6.45) is -1.37. The Hall–Kier alpha value is -2.94. The number of hydrogen-bond donors (Lipinski definition) is 0. The van der Waals surface area contributed by atoms with E-state index in [0.29, 0.717) is 35.7 Å². The number of alkyl halides is 3. The van der Waals surface area contributed by atoms with Crippen molar-refractivity contribution in [3.63, 3.8) is 0 Å². The largest absolute Gasteiger partial charge is 0.416 e. The number of likely N-dealkylation sites (tertiary alicyclic amines) is 1. The molecule has 32 heavy (non-hydrogen) atoms. The van der Waals surface area contributed by atoms with E-state index in [1.807, 2.05) is 0 Å². The summed E-state index contributed by atoms with van der Waals surface area (Å²) in [6.45, 7) is 3.68. The lowest BCUT2D eigenvalue weighted by Gasteiger charge is -2.20. The summed E-state index contributed by atoms with van der Waals surface area (Å²) in [4.78, 5) is 19.6. The highest BCUT2D eigenvalue weighted by Gasteiger charge is 2.35. The first kappa shape index (κ1) is 20.9. The molecule has 1 aromatic carbocycles. The lowest BCUT2D eigenvalue weighted by molar-refractivity contribution is -0.137. The number of aryl methyl sites for hydroxylation is 1. The van der Waals surface area contributed by atoms with Crippen LogP contribution in [0.4, 0.5) is 13.2 Å². The van der Waals surface area contributed by atoms with E-state index in [1.54, 1.807) is 17.9 Å². The standard InChI is InChI=1S/C23H22F3N3O3/c1-13-20-17(22(30)29-8-7-15(12-29)19-6-3-9-31-19)11-18(27-21(20)32-28-13)14-4-2-5-16(10-14)23(24,25)26/h2,4-5,10-11,15,19H,3,6-9,12H2,1H3. The predicted octanol–water partition coefficient (Wildman–Crippen LogP) is 4.86. The number of amides is 1. The molecular formula is C23H22F3N3O3. The molecule has 9 heteroatoms. The molecule has 0 radical (unpaired) electrons. The normalized spacial score (nSPS) is 21.6. The summed E-state index contributed by atoms with van der Waals surface area (Å²) in [5, 5.41) is 4.42. The number of nitrogens with zero attached hydrogens (tertiary/aromatic N) is 3. The summed E-state index contributed by atoms with van der Waals surface area (Å²) in [5.74, 6) is 0.0997. The van der Waals surface area contributed by atoms with Gasteiger partial charge < -0.3 is 14.2 Å². The van der Waals surface area contributed by atoms with Crippen LogP contribution >= 0.6 is 0 Å². The maximum Gasteiger partial charge on any atom is 0.416 e. The number of ether oxygens (including phenoxy) is 1. The molecule has 3 aromatic rings. The number of pyridine rings is 1. The van der Waals surface area contributed by atoms with E-state index in [4.69, 9.17) is 9.26 Å². The van der Waals surface area contributed by atoms with Crippen LogP contribution in [0.5, 0.6) is 0 Å². The Morgan fingerprint density at radius 2 is 2.06 bits per heavy atom. The van der Waals surface area contributed by atoms with Crippen LogP contribution in [0.15, 0.2) is 34.9 Å². The van der Waals surface area contributed by atoms with Crippen molar-refractivity contribution in [1.29, 1.82) is 0 Å². The van der Waals surface area contributed by atoms with Crippen molar-refractivity contribution in [3.05, 3.63) is 47.2 Å². The molecule has 4 heterocycles. The first-order chi connectivity index (χ1) is 15.3. The van der Waals surface area contributed by atoms with Crippen LogP contribution in [-0.2, 0) is 10.9 Å². The molecule has 2 aliphatic rings. The molecule has 0 aliphatic carbocycles. The van der Waals surface area contributed by atoms with Gasteiger partial charge in [-0.1, -0.05) is 17.3 Å². The van der Waals surface area contributed by atoms with Crippen molar-refractivity contribution in [3.8, 4) is 11.3 Å². The number of hydrogen-bond acceptors (Lipinski definition) is 5. The van der Waals surface area contributed by atoms with Crippen LogP contribution in [0.1, 0.15) is 40.9 Å². The molecule has 2 unspecified atom stereocenters. The van der Waals surface area contributed by atoms with Gasteiger partial charge in [0.1, 0.15) is 0 Å². The quantitative estimate of drug-likeness (QED) is 0.576. The first-order valence-electron chi connectivity index (χ1n) is 10.7. The van der Waals surface area contributed by atoms with Crippen molar-refractivity contribution in [2.24, 2.45) is 5.92 Å². The summed E-state index contributed by atoms with van der Waals surface area (Å²) < 4.78 is 50.7. The second-order valence-corrected chi connectivity index (χ2v) is 8.43. The summed E-state index contributed by atoms with van der Waals surface area (Å²) in [7, 11) is 0. The fourth-order valence-electron chi connectivity index (χ4n) is 4.69. The van der Waals surface area contributed by atoms with Gasteiger partial charge in [0.2, 0.25) is 0 Å². The number of carbonyl (C=O) groups excluding carboxylic acids is 1. The third-order valence-corrected chi connectivity index (χ3v) is 6.34. The Morgan fingerprint density at radius 1 is 1.22 bits per heavy atom. The van der Waals surface area contributed by atoms with Gasteiger partial charge in [-0.3, -0.25) is 4.79 Å². The molecule has 2 fully saturated rings. The van der Waals surface area contributed by atoms with Gasteiger partial charge in [0.25, 0.3) is 11.6 Å². The predicted molar refractivity (Wildman–Crippen MR) is 110 cm³/mol. The van der Waals surface area contributed by atoms with E-state index in [0.717, 1.165) is 38.0 Å². The number of fused-ring (bicyclic) bond motifs is 1. The molecule has 2 aliphatic heterocycles. The van der Waals surface area contributed by atoms with Crippen LogP contribution in [0.3, 0.4) is 0 Å². The first-order valence-corrected chi connectivity index (χ1v) is 10.7. The molecule has 1 amide bonds. The van der Waals surface area contributed by atoms with Crippen molar-refractivity contribution in [2.45, 2.75) is 38.5 Å². The van der Waals surface area contributed by atoms with E-state index in [-0.39, 0.29) is 29.0 Å². The van der Waals surface area contributed by atoms with Crippen molar-refractivity contribution >= 4 is 17.0 Å². The molecule has 2 atom stereocenters. The van der Waals surface area contributed by atoms with Crippen molar-refractivity contribution in [2.75, 3.05) is 19.7 Å². The van der Waals surface area contributed by atoms with Crippen LogP contribution in [0.25, 0.3) is 22.4 Å². The molecule has 5 rings (SSSR count). The Labute approximate surface area is 182 Å². The van der Waals surface area contributed by atoms with E-state index in [9.17, 15) is 18.0 Å². The lowest BCUT2D eigenvalue weighted by atomic mass is 9.99. The minimum atomic E-state index is -4.48. The smallest absolute Gasteiger partial charge is 0.378 e. The minimum absolute atomic E-state index is 0.135. The zero-order valence-electron chi connectivity index (χ0n) is 17.5. The Kier molecular flexibility index (Phi) is 5.16. The highest BCUT2D eigenvalue weighted by atomic mass is 19.4. The monoisotopic (exact) mass is 445 g/mol. The summed E-state index contributed by atoms with van der Waals surface area (Å²) in [5.41, 5.74) is 0.699. The van der Waals surface area contributed by atoms with Gasteiger partial charge in [-0.15, -0.1) is 0 Å². The van der Waals surface area contributed by atoms with Gasteiger partial charge >= 0.3 is 6.18 Å². The number of rotatable bonds is 3. The van der Waals surface area contributed by atoms with E-state index in [2.05, 4.69) is 10.1 Å². The van der Waals surface area contributed by atoms with Crippen LogP contribution < -0.4 is 0 Å². The SMILES string of the molecule is Cc1noc2nc(-c3cccc(C(F)(F)F)c3)cc(C(=O)N3CCC(C4CCCO4)C3)c12. The lowest BCUT2D eigenvalue weighted by Crippen LogP contribution is -2.31. The molecule has 2 saturated heterocycles. The maximum absolute atomic E-state index is 13.5. The van der Waals surface area contributed by atoms with Gasteiger partial charge in [0, 0.05) is 31.2 Å². The second kappa shape index (κ2) is 7.88. The number of halogens is 3. The molecule has 6 nitrogen and oxygen atoms in total. The summed E-state index contributed by atoms with van der Waals surface area (Å²) in [6, 6.07) is 6.43. The molecule has 2 aromatic heterocycles. The van der Waals surface area contributed by atoms with Crippen molar-refractivity contribution in [1.82, 2.24) is 15.0 Å². The maximum atomic E-state index is 13.5. The van der Waals surface area contributed by atoms with Crippen LogP contribution in [0, 0.1) is 12.8 Å². The van der Waals surface area contributed by atoms with Gasteiger partial charge in [-0.05, 0) is 44.4 Å². The molecular weight excluding hydrogens is 423 g/mol. The van der Waals surface area contributed by atoms with Crippen LogP contribution in [0.2, 0.25) is 0 Å². The average Bonchev–Trinajstić information content (AvgIpc) is 3.53. The van der Waals surface area contributed by atoms with Gasteiger partial charge in [-0.2, -0.15) is 13.2 Å². The molecule has 0 N–H and O–H groups in total. The Morgan fingerprint density at radius 3 is 2.81 bits per heavy atom. The van der Waals surface area contributed by atoms with E-state index < -0.39 is 11.7 Å². The highest BCUT2D eigenvalue weighted by Crippen LogP contribution is 2.34. The van der Waals surface area contributed by atoms with E-state index in [1.165, 1.54) is 12.1 Å². The third-order valence-electron chi connectivity index (χ3n) is 6.34. The fourth-order valence-corrected chi connectivity index (χ4v) is 4.69. The Balaban J connectivity index is 1.52. The summed E-state index contributed by atoms with van der Waals surface area (Å²) >= 11 is 0. The van der Waals surface area contributed by atoms with Gasteiger partial charge in [0.05, 0.1) is 34.0 Å². The molecule has 0 bridgehead atoms. The molecule has 0 saturated carbocycles. The number of aromatic nitrogens is 2. The fraction of sp³-hybridized carbons (Fsp3) is 0.435.